The molecule has 2 N–H and O–H groups in total. The monoisotopic (exact) mass is 347 g/mol. The number of aromatic nitrogens is 1. The Kier molecular flexibility index (Phi) is 6.34. The second-order valence-electron chi connectivity index (χ2n) is 5.89. The zero-order valence-electron chi connectivity index (χ0n) is 14.8. The second-order valence-corrected chi connectivity index (χ2v) is 6.92. The third kappa shape index (κ3) is 4.33. The lowest BCUT2D eigenvalue weighted by atomic mass is 10.1. The molecule has 0 unspecified atom stereocenters. The van der Waals surface area contributed by atoms with Crippen LogP contribution >= 0.6 is 11.3 Å². The van der Waals surface area contributed by atoms with E-state index in [4.69, 9.17) is 4.74 Å². The molecule has 0 saturated carbocycles. The maximum absolute atomic E-state index is 12.2. The zero-order valence-corrected chi connectivity index (χ0v) is 15.7. The summed E-state index contributed by atoms with van der Waals surface area (Å²) in [7, 11) is 3.50. The van der Waals surface area contributed by atoms with Gasteiger partial charge >= 0.3 is 0 Å². The quantitative estimate of drug-likeness (QED) is 0.807. The number of thiazole rings is 1. The van der Waals surface area contributed by atoms with Gasteiger partial charge in [0.05, 0.1) is 23.7 Å². The van der Waals surface area contributed by atoms with Crippen molar-refractivity contribution in [3.63, 3.8) is 0 Å². The van der Waals surface area contributed by atoms with Crippen molar-refractivity contribution in [3.05, 3.63) is 34.8 Å². The van der Waals surface area contributed by atoms with E-state index in [2.05, 4.69) is 15.6 Å². The molecule has 0 spiro atoms. The lowest BCUT2D eigenvalue weighted by Crippen LogP contribution is -2.35. The number of amides is 1. The van der Waals surface area contributed by atoms with E-state index in [1.54, 1.807) is 18.4 Å². The fourth-order valence-corrected chi connectivity index (χ4v) is 3.56. The fourth-order valence-electron chi connectivity index (χ4n) is 2.49. The summed E-state index contributed by atoms with van der Waals surface area (Å²) in [6, 6.07) is 7.80. The van der Waals surface area contributed by atoms with Crippen LogP contribution < -0.4 is 15.4 Å². The minimum Gasteiger partial charge on any atom is -0.497 e. The first-order chi connectivity index (χ1) is 11.5. The first-order valence-electron chi connectivity index (χ1n) is 8.03. The number of rotatable bonds is 7. The summed E-state index contributed by atoms with van der Waals surface area (Å²) in [4.78, 5) is 17.9. The van der Waals surface area contributed by atoms with Gasteiger partial charge in [0, 0.05) is 18.0 Å². The molecule has 24 heavy (non-hydrogen) atoms. The molecule has 130 valence electrons. The number of benzene rings is 1. The maximum Gasteiger partial charge on any atom is 0.224 e. The molecule has 1 aromatic carbocycles. The topological polar surface area (TPSA) is 63.2 Å². The van der Waals surface area contributed by atoms with Crippen LogP contribution in [0.4, 0.5) is 0 Å². The summed E-state index contributed by atoms with van der Waals surface area (Å²) in [5, 5.41) is 7.06. The van der Waals surface area contributed by atoms with E-state index in [0.29, 0.717) is 6.54 Å². The van der Waals surface area contributed by atoms with E-state index < -0.39 is 0 Å². The number of nitrogens with zero attached hydrogens (tertiary/aromatic N) is 1. The molecule has 0 saturated heterocycles. The molecule has 0 fully saturated rings. The van der Waals surface area contributed by atoms with E-state index in [1.807, 2.05) is 52.1 Å². The Balaban J connectivity index is 2.13. The Bertz CT molecular complexity index is 682. The molecule has 1 heterocycles. The lowest BCUT2D eigenvalue weighted by molar-refractivity contribution is -0.125. The number of aryl methyl sites for hydroxylation is 1. The minimum absolute atomic E-state index is 0.0515. The molecule has 0 radical (unpaired) electrons. The van der Waals surface area contributed by atoms with Gasteiger partial charge in [-0.15, -0.1) is 11.3 Å². The standard InChI is InChI=1S/C18H25N3O2S/c1-11(10-19-4)17(22)20-12(2)16-13(3)21-18(24-16)14-6-8-15(23-5)9-7-14/h6-9,11-12,19H,10H2,1-5H3,(H,20,22)/t11-,12-/m0/s1. The number of carbonyl (C=O) groups is 1. The van der Waals surface area contributed by atoms with Crippen LogP contribution in [-0.2, 0) is 4.79 Å². The van der Waals surface area contributed by atoms with E-state index in [0.717, 1.165) is 26.9 Å². The predicted molar refractivity (Wildman–Crippen MR) is 98.5 cm³/mol. The summed E-state index contributed by atoms with van der Waals surface area (Å²) in [5.74, 6) is 0.814. The maximum atomic E-state index is 12.2. The van der Waals surface area contributed by atoms with Gasteiger partial charge in [-0.05, 0) is 45.2 Å². The van der Waals surface area contributed by atoms with Crippen LogP contribution in [0.2, 0.25) is 0 Å². The van der Waals surface area contributed by atoms with Crippen LogP contribution in [-0.4, -0.2) is 31.6 Å². The highest BCUT2D eigenvalue weighted by atomic mass is 32.1. The highest BCUT2D eigenvalue weighted by Crippen LogP contribution is 2.32. The van der Waals surface area contributed by atoms with Crippen LogP contribution in [0.3, 0.4) is 0 Å². The molecular weight excluding hydrogens is 322 g/mol. The number of methoxy groups -OCH3 is 1. The first kappa shape index (κ1) is 18.4. The summed E-state index contributed by atoms with van der Waals surface area (Å²) < 4.78 is 5.19. The van der Waals surface area contributed by atoms with Gasteiger partial charge in [0.25, 0.3) is 0 Å². The average Bonchev–Trinajstić information content (AvgIpc) is 2.97. The second kappa shape index (κ2) is 8.26. The predicted octanol–water partition coefficient (Wildman–Crippen LogP) is 3.16. The molecule has 1 aromatic heterocycles. The molecule has 2 aromatic rings. The minimum atomic E-state index is -0.0632. The number of hydrogen-bond donors (Lipinski definition) is 2. The highest BCUT2D eigenvalue weighted by molar-refractivity contribution is 7.15. The Morgan fingerprint density at radius 1 is 1.29 bits per heavy atom. The smallest absolute Gasteiger partial charge is 0.224 e. The van der Waals surface area contributed by atoms with Gasteiger partial charge in [-0.2, -0.15) is 0 Å². The Morgan fingerprint density at radius 3 is 2.54 bits per heavy atom. The van der Waals surface area contributed by atoms with Crippen molar-refractivity contribution in [2.24, 2.45) is 5.92 Å². The van der Waals surface area contributed by atoms with Gasteiger partial charge in [-0.1, -0.05) is 6.92 Å². The van der Waals surface area contributed by atoms with Crippen molar-refractivity contribution in [1.82, 2.24) is 15.6 Å². The van der Waals surface area contributed by atoms with Crippen molar-refractivity contribution in [1.29, 1.82) is 0 Å². The van der Waals surface area contributed by atoms with E-state index in [9.17, 15) is 4.79 Å². The molecule has 5 nitrogen and oxygen atoms in total. The van der Waals surface area contributed by atoms with Crippen molar-refractivity contribution in [2.75, 3.05) is 20.7 Å². The molecule has 0 aliphatic rings. The third-order valence-electron chi connectivity index (χ3n) is 3.88. The van der Waals surface area contributed by atoms with Crippen molar-refractivity contribution < 1.29 is 9.53 Å². The molecule has 0 aliphatic heterocycles. The van der Waals surface area contributed by atoms with Crippen LogP contribution in [0.25, 0.3) is 10.6 Å². The summed E-state index contributed by atoms with van der Waals surface area (Å²) >= 11 is 1.62. The van der Waals surface area contributed by atoms with Gasteiger partial charge < -0.3 is 15.4 Å². The van der Waals surface area contributed by atoms with E-state index in [-0.39, 0.29) is 17.9 Å². The van der Waals surface area contributed by atoms with Crippen LogP contribution in [0.1, 0.15) is 30.5 Å². The van der Waals surface area contributed by atoms with Crippen LogP contribution in [0.15, 0.2) is 24.3 Å². The number of nitrogens with one attached hydrogen (secondary N) is 2. The number of hydrogen-bond acceptors (Lipinski definition) is 5. The van der Waals surface area contributed by atoms with Crippen molar-refractivity contribution >= 4 is 17.2 Å². The summed E-state index contributed by atoms with van der Waals surface area (Å²) in [5.41, 5.74) is 2.01. The molecular formula is C18H25N3O2S. The molecule has 1 amide bonds. The molecule has 0 bridgehead atoms. The Hall–Kier alpha value is -1.92. The lowest BCUT2D eigenvalue weighted by Gasteiger charge is -2.16. The number of ether oxygens (including phenoxy) is 1. The van der Waals surface area contributed by atoms with Gasteiger partial charge in [0.1, 0.15) is 10.8 Å². The summed E-state index contributed by atoms with van der Waals surface area (Å²) in [6.45, 7) is 6.57. The Morgan fingerprint density at radius 2 is 1.96 bits per heavy atom. The molecule has 6 heteroatoms. The van der Waals surface area contributed by atoms with Crippen LogP contribution in [0, 0.1) is 12.8 Å². The SMILES string of the molecule is CNC[C@H](C)C(=O)N[C@@H](C)c1sc(-c2ccc(OC)cc2)nc1C. The summed E-state index contributed by atoms with van der Waals surface area (Å²) in [6.07, 6.45) is 0. The zero-order chi connectivity index (χ0) is 17.7. The Labute approximate surface area is 147 Å². The normalized spacial score (nSPS) is 13.4. The molecule has 2 rings (SSSR count). The van der Waals surface area contributed by atoms with Gasteiger partial charge in [0.2, 0.25) is 5.91 Å². The van der Waals surface area contributed by atoms with Gasteiger partial charge in [0.15, 0.2) is 0 Å². The van der Waals surface area contributed by atoms with Gasteiger partial charge in [-0.25, -0.2) is 4.98 Å². The van der Waals surface area contributed by atoms with Crippen LogP contribution in [0.5, 0.6) is 5.75 Å². The van der Waals surface area contributed by atoms with Crippen molar-refractivity contribution in [2.45, 2.75) is 26.8 Å². The first-order valence-corrected chi connectivity index (χ1v) is 8.84. The van der Waals surface area contributed by atoms with Crippen molar-refractivity contribution in [3.8, 4) is 16.3 Å². The molecule has 0 aliphatic carbocycles. The largest absolute Gasteiger partial charge is 0.497 e. The molecule has 2 atom stereocenters. The number of carbonyl (C=O) groups excluding carboxylic acids is 1. The third-order valence-corrected chi connectivity index (χ3v) is 5.27. The van der Waals surface area contributed by atoms with E-state index >= 15 is 0 Å². The van der Waals surface area contributed by atoms with Gasteiger partial charge in [-0.3, -0.25) is 4.79 Å². The fraction of sp³-hybridized carbons (Fsp3) is 0.444. The average molecular weight is 347 g/mol. The van der Waals surface area contributed by atoms with E-state index in [1.165, 1.54) is 0 Å². The highest BCUT2D eigenvalue weighted by Gasteiger charge is 2.19.